The van der Waals surface area contributed by atoms with Crippen molar-refractivity contribution in [3.63, 3.8) is 0 Å². The van der Waals surface area contributed by atoms with Gasteiger partial charge < -0.3 is 5.73 Å². The molecule has 0 aliphatic heterocycles. The number of nitrogens with zero attached hydrogens (tertiary/aromatic N) is 1. The van der Waals surface area contributed by atoms with Crippen LogP contribution in [0.2, 0.25) is 0 Å². The molecule has 0 radical (unpaired) electrons. The maximum absolute atomic E-state index is 12.9. The van der Waals surface area contributed by atoms with E-state index in [1.54, 1.807) is 12.3 Å². The highest BCUT2D eigenvalue weighted by Crippen LogP contribution is 2.38. The molecule has 0 spiro atoms. The molecule has 11 heavy (non-hydrogen) atoms. The number of hydrogen-bond donors (Lipinski definition) is 1. The van der Waals surface area contributed by atoms with Crippen LogP contribution in [0, 0.1) is 5.82 Å². The Kier molecular flexibility index (Phi) is 1.39. The monoisotopic (exact) mass is 152 g/mol. The van der Waals surface area contributed by atoms with E-state index in [0.29, 0.717) is 5.69 Å². The number of aromatic nitrogens is 1. The van der Waals surface area contributed by atoms with Crippen LogP contribution in [-0.4, -0.2) is 11.0 Å². The summed E-state index contributed by atoms with van der Waals surface area (Å²) in [6.07, 6.45) is 2.47. The van der Waals surface area contributed by atoms with Crippen LogP contribution < -0.4 is 5.73 Å². The summed E-state index contributed by atoms with van der Waals surface area (Å²) < 4.78 is 12.9. The molecule has 0 amide bonds. The highest BCUT2D eigenvalue weighted by atomic mass is 19.1. The summed E-state index contributed by atoms with van der Waals surface area (Å²) in [5, 5.41) is 0. The average Bonchev–Trinajstić information content (AvgIpc) is 2.68. The van der Waals surface area contributed by atoms with Crippen molar-refractivity contribution < 1.29 is 4.39 Å². The molecule has 0 saturated heterocycles. The van der Waals surface area contributed by atoms with Crippen molar-refractivity contribution in [2.75, 3.05) is 0 Å². The Hall–Kier alpha value is -0.960. The zero-order chi connectivity index (χ0) is 7.84. The standard InChI is InChI=1S/C8H9FN2/c9-6-2-1-3-11-8(6)5-4-7(5)10/h1-3,5,7H,4,10H2/t5-,7-/m1/s1. The van der Waals surface area contributed by atoms with E-state index in [1.807, 2.05) is 0 Å². The predicted octanol–water partition coefficient (Wildman–Crippen LogP) is 1.04. The first-order valence-corrected chi connectivity index (χ1v) is 3.65. The lowest BCUT2D eigenvalue weighted by Gasteiger charge is -1.97. The molecule has 3 heteroatoms. The predicted molar refractivity (Wildman–Crippen MR) is 39.5 cm³/mol. The quantitative estimate of drug-likeness (QED) is 0.652. The Bertz CT molecular complexity index is 275. The molecule has 2 atom stereocenters. The second-order valence-corrected chi connectivity index (χ2v) is 2.88. The van der Waals surface area contributed by atoms with Gasteiger partial charge in [0.05, 0.1) is 5.69 Å². The van der Waals surface area contributed by atoms with E-state index in [-0.39, 0.29) is 17.8 Å². The molecular formula is C8H9FN2. The first-order chi connectivity index (χ1) is 5.29. The van der Waals surface area contributed by atoms with E-state index in [4.69, 9.17) is 5.73 Å². The average molecular weight is 152 g/mol. The Morgan fingerprint density at radius 2 is 2.36 bits per heavy atom. The molecule has 1 aromatic heterocycles. The highest BCUT2D eigenvalue weighted by Gasteiger charge is 2.37. The fraction of sp³-hybridized carbons (Fsp3) is 0.375. The molecular weight excluding hydrogens is 143 g/mol. The Morgan fingerprint density at radius 3 is 2.91 bits per heavy atom. The summed E-state index contributed by atoms with van der Waals surface area (Å²) in [6, 6.07) is 3.14. The molecule has 0 aromatic carbocycles. The molecule has 0 bridgehead atoms. The van der Waals surface area contributed by atoms with Crippen molar-refractivity contribution in [2.45, 2.75) is 18.4 Å². The topological polar surface area (TPSA) is 38.9 Å². The summed E-state index contributed by atoms with van der Waals surface area (Å²) >= 11 is 0. The summed E-state index contributed by atoms with van der Waals surface area (Å²) in [4.78, 5) is 3.94. The maximum atomic E-state index is 12.9. The van der Waals surface area contributed by atoms with Gasteiger partial charge in [-0.25, -0.2) is 4.39 Å². The van der Waals surface area contributed by atoms with Crippen LogP contribution in [0.5, 0.6) is 0 Å². The SMILES string of the molecule is N[C@@H]1C[C@H]1c1ncccc1F. The van der Waals surface area contributed by atoms with E-state index in [2.05, 4.69) is 4.98 Å². The lowest BCUT2D eigenvalue weighted by Crippen LogP contribution is -2.03. The smallest absolute Gasteiger partial charge is 0.145 e. The van der Waals surface area contributed by atoms with E-state index in [1.165, 1.54) is 6.07 Å². The second-order valence-electron chi connectivity index (χ2n) is 2.88. The van der Waals surface area contributed by atoms with Gasteiger partial charge in [0, 0.05) is 18.2 Å². The van der Waals surface area contributed by atoms with Crippen LogP contribution in [-0.2, 0) is 0 Å². The highest BCUT2D eigenvalue weighted by molar-refractivity contribution is 5.21. The number of rotatable bonds is 1. The Labute approximate surface area is 64.2 Å². The molecule has 58 valence electrons. The zero-order valence-electron chi connectivity index (χ0n) is 6.00. The number of halogens is 1. The Balaban J connectivity index is 2.31. The van der Waals surface area contributed by atoms with E-state index < -0.39 is 0 Å². The largest absolute Gasteiger partial charge is 0.327 e. The van der Waals surface area contributed by atoms with Gasteiger partial charge >= 0.3 is 0 Å². The fourth-order valence-corrected chi connectivity index (χ4v) is 1.20. The first-order valence-electron chi connectivity index (χ1n) is 3.65. The van der Waals surface area contributed by atoms with Gasteiger partial charge in [-0.3, -0.25) is 4.98 Å². The van der Waals surface area contributed by atoms with Crippen LogP contribution in [0.1, 0.15) is 18.0 Å². The zero-order valence-corrected chi connectivity index (χ0v) is 6.00. The minimum absolute atomic E-state index is 0.124. The third-order valence-electron chi connectivity index (χ3n) is 1.98. The molecule has 1 saturated carbocycles. The molecule has 2 N–H and O–H groups in total. The van der Waals surface area contributed by atoms with Crippen molar-refractivity contribution >= 4 is 0 Å². The summed E-state index contributed by atoms with van der Waals surface area (Å²) in [5.41, 5.74) is 6.09. The van der Waals surface area contributed by atoms with Gasteiger partial charge in [0.1, 0.15) is 5.82 Å². The van der Waals surface area contributed by atoms with Crippen LogP contribution in [0.4, 0.5) is 4.39 Å². The van der Waals surface area contributed by atoms with Gasteiger partial charge in [-0.2, -0.15) is 0 Å². The van der Waals surface area contributed by atoms with E-state index in [0.717, 1.165) is 6.42 Å². The molecule has 1 aliphatic rings. The fourth-order valence-electron chi connectivity index (χ4n) is 1.20. The molecule has 1 aliphatic carbocycles. The van der Waals surface area contributed by atoms with Gasteiger partial charge in [0.15, 0.2) is 0 Å². The third kappa shape index (κ3) is 1.12. The van der Waals surface area contributed by atoms with Gasteiger partial charge in [0.25, 0.3) is 0 Å². The minimum Gasteiger partial charge on any atom is -0.327 e. The van der Waals surface area contributed by atoms with Crippen molar-refractivity contribution in [3.8, 4) is 0 Å². The Morgan fingerprint density at radius 1 is 1.64 bits per heavy atom. The van der Waals surface area contributed by atoms with Gasteiger partial charge in [-0.15, -0.1) is 0 Å². The van der Waals surface area contributed by atoms with Gasteiger partial charge in [-0.1, -0.05) is 0 Å². The minimum atomic E-state index is -0.231. The molecule has 1 fully saturated rings. The molecule has 1 heterocycles. The lowest BCUT2D eigenvalue weighted by molar-refractivity contribution is 0.598. The molecule has 1 aromatic rings. The normalized spacial score (nSPS) is 28.5. The first kappa shape index (κ1) is 6.73. The van der Waals surface area contributed by atoms with Gasteiger partial charge in [0.2, 0.25) is 0 Å². The van der Waals surface area contributed by atoms with Crippen molar-refractivity contribution in [1.29, 1.82) is 0 Å². The third-order valence-corrected chi connectivity index (χ3v) is 1.98. The number of nitrogens with two attached hydrogens (primary N) is 1. The second kappa shape index (κ2) is 2.27. The number of pyridine rings is 1. The van der Waals surface area contributed by atoms with E-state index >= 15 is 0 Å². The molecule has 2 rings (SSSR count). The molecule has 0 unspecified atom stereocenters. The van der Waals surface area contributed by atoms with Crippen molar-refractivity contribution in [2.24, 2.45) is 5.73 Å². The van der Waals surface area contributed by atoms with Gasteiger partial charge in [-0.05, 0) is 18.6 Å². The number of hydrogen-bond acceptors (Lipinski definition) is 2. The lowest BCUT2D eigenvalue weighted by atomic mass is 10.2. The summed E-state index contributed by atoms with van der Waals surface area (Å²) in [7, 11) is 0. The van der Waals surface area contributed by atoms with Crippen LogP contribution >= 0.6 is 0 Å². The summed E-state index contributed by atoms with van der Waals surface area (Å²) in [6.45, 7) is 0. The molecule has 2 nitrogen and oxygen atoms in total. The van der Waals surface area contributed by atoms with E-state index in [9.17, 15) is 4.39 Å². The van der Waals surface area contributed by atoms with Crippen LogP contribution in [0.25, 0.3) is 0 Å². The summed E-state index contributed by atoms with van der Waals surface area (Å²) in [5.74, 6) is -0.0679. The van der Waals surface area contributed by atoms with Crippen molar-refractivity contribution in [1.82, 2.24) is 4.98 Å². The van der Waals surface area contributed by atoms with Crippen LogP contribution in [0.3, 0.4) is 0 Å². The van der Waals surface area contributed by atoms with Crippen molar-refractivity contribution in [3.05, 3.63) is 29.8 Å². The van der Waals surface area contributed by atoms with Crippen LogP contribution in [0.15, 0.2) is 18.3 Å². The maximum Gasteiger partial charge on any atom is 0.145 e.